The van der Waals surface area contributed by atoms with Gasteiger partial charge in [0.2, 0.25) is 0 Å². The van der Waals surface area contributed by atoms with Crippen LogP contribution in [0.3, 0.4) is 0 Å². The Labute approximate surface area is 121 Å². The molecule has 1 nitrogen and oxygen atoms in total. The molecule has 0 aromatic heterocycles. The SMILES string of the molecule is Cc1ccccc1C(C)Nc1ccc(Cl)c(Br)c1. The quantitative estimate of drug-likeness (QED) is 0.776. The highest BCUT2D eigenvalue weighted by Crippen LogP contribution is 2.28. The first-order valence-corrected chi connectivity index (χ1v) is 7.02. The van der Waals surface area contributed by atoms with Crippen LogP contribution in [0, 0.1) is 6.92 Å². The van der Waals surface area contributed by atoms with Crippen molar-refractivity contribution in [1.29, 1.82) is 0 Å². The Kier molecular flexibility index (Phi) is 4.31. The standard InChI is InChI=1S/C15H15BrClN/c1-10-5-3-4-6-13(10)11(2)18-12-7-8-15(17)14(16)9-12/h3-9,11,18H,1-2H3. The average Bonchev–Trinajstić information content (AvgIpc) is 2.34. The summed E-state index contributed by atoms with van der Waals surface area (Å²) in [6.07, 6.45) is 0. The normalized spacial score (nSPS) is 12.2. The number of rotatable bonds is 3. The van der Waals surface area contributed by atoms with Crippen LogP contribution < -0.4 is 5.32 Å². The minimum atomic E-state index is 0.263. The van der Waals surface area contributed by atoms with Crippen molar-refractivity contribution in [2.75, 3.05) is 5.32 Å². The molecule has 1 N–H and O–H groups in total. The predicted octanol–water partition coefficient (Wildman–Crippen LogP) is 5.58. The topological polar surface area (TPSA) is 12.0 Å². The number of hydrogen-bond acceptors (Lipinski definition) is 1. The van der Waals surface area contributed by atoms with Gasteiger partial charge >= 0.3 is 0 Å². The summed E-state index contributed by atoms with van der Waals surface area (Å²) in [5.41, 5.74) is 3.66. The van der Waals surface area contributed by atoms with E-state index < -0.39 is 0 Å². The molecule has 0 saturated carbocycles. The number of benzene rings is 2. The van der Waals surface area contributed by atoms with Crippen molar-refractivity contribution >= 4 is 33.2 Å². The van der Waals surface area contributed by atoms with Crippen LogP contribution in [0.4, 0.5) is 5.69 Å². The van der Waals surface area contributed by atoms with Crippen molar-refractivity contribution in [1.82, 2.24) is 0 Å². The van der Waals surface area contributed by atoms with Gasteiger partial charge in [0, 0.05) is 16.2 Å². The zero-order valence-electron chi connectivity index (χ0n) is 10.4. The Balaban J connectivity index is 2.19. The van der Waals surface area contributed by atoms with Crippen LogP contribution in [-0.4, -0.2) is 0 Å². The molecule has 1 unspecified atom stereocenters. The fourth-order valence-electron chi connectivity index (χ4n) is 1.99. The molecule has 0 radical (unpaired) electrons. The summed E-state index contributed by atoms with van der Waals surface area (Å²) < 4.78 is 0.908. The van der Waals surface area contributed by atoms with Crippen LogP contribution in [0.25, 0.3) is 0 Å². The maximum absolute atomic E-state index is 5.98. The summed E-state index contributed by atoms with van der Waals surface area (Å²) in [6.45, 7) is 4.29. The first-order chi connectivity index (χ1) is 8.58. The maximum Gasteiger partial charge on any atom is 0.0549 e. The molecule has 94 valence electrons. The van der Waals surface area contributed by atoms with Crippen LogP contribution in [0.5, 0.6) is 0 Å². The van der Waals surface area contributed by atoms with Gasteiger partial charge in [0.25, 0.3) is 0 Å². The van der Waals surface area contributed by atoms with E-state index in [1.807, 2.05) is 18.2 Å². The van der Waals surface area contributed by atoms with Crippen LogP contribution >= 0.6 is 27.5 Å². The Hall–Kier alpha value is -0.990. The van der Waals surface area contributed by atoms with E-state index in [2.05, 4.69) is 59.4 Å². The fraction of sp³-hybridized carbons (Fsp3) is 0.200. The van der Waals surface area contributed by atoms with E-state index in [1.54, 1.807) is 0 Å². The summed E-state index contributed by atoms with van der Waals surface area (Å²) in [5, 5.41) is 4.20. The van der Waals surface area contributed by atoms with E-state index in [-0.39, 0.29) is 6.04 Å². The third kappa shape index (κ3) is 3.06. The first kappa shape index (κ1) is 13.4. The predicted molar refractivity (Wildman–Crippen MR) is 82.4 cm³/mol. The molecule has 0 aliphatic carbocycles. The monoisotopic (exact) mass is 323 g/mol. The smallest absolute Gasteiger partial charge is 0.0549 e. The van der Waals surface area contributed by atoms with Crippen LogP contribution in [0.2, 0.25) is 5.02 Å². The van der Waals surface area contributed by atoms with Crippen molar-refractivity contribution < 1.29 is 0 Å². The van der Waals surface area contributed by atoms with E-state index in [0.29, 0.717) is 0 Å². The van der Waals surface area contributed by atoms with Gasteiger partial charge in [-0.2, -0.15) is 0 Å². The van der Waals surface area contributed by atoms with Crippen molar-refractivity contribution in [2.24, 2.45) is 0 Å². The molecule has 18 heavy (non-hydrogen) atoms. The number of halogens is 2. The van der Waals surface area contributed by atoms with E-state index >= 15 is 0 Å². The second kappa shape index (κ2) is 5.77. The first-order valence-electron chi connectivity index (χ1n) is 5.85. The molecular formula is C15H15BrClN. The Morgan fingerprint density at radius 1 is 1.17 bits per heavy atom. The Bertz CT molecular complexity index is 554. The molecule has 0 spiro atoms. The fourth-order valence-corrected chi connectivity index (χ4v) is 2.48. The minimum Gasteiger partial charge on any atom is -0.378 e. The van der Waals surface area contributed by atoms with Gasteiger partial charge in [-0.25, -0.2) is 0 Å². The third-order valence-corrected chi connectivity index (χ3v) is 4.17. The van der Waals surface area contributed by atoms with Gasteiger partial charge in [-0.1, -0.05) is 35.9 Å². The number of aryl methyl sites for hydroxylation is 1. The van der Waals surface area contributed by atoms with Gasteiger partial charge in [0.15, 0.2) is 0 Å². The zero-order chi connectivity index (χ0) is 13.1. The molecule has 2 rings (SSSR count). The Morgan fingerprint density at radius 2 is 1.89 bits per heavy atom. The molecule has 0 amide bonds. The van der Waals surface area contributed by atoms with Gasteiger partial charge < -0.3 is 5.32 Å². The average molecular weight is 325 g/mol. The molecular weight excluding hydrogens is 310 g/mol. The number of anilines is 1. The van der Waals surface area contributed by atoms with Crippen molar-refractivity contribution in [3.8, 4) is 0 Å². The van der Waals surface area contributed by atoms with Gasteiger partial charge in [0.1, 0.15) is 0 Å². The molecule has 2 aromatic carbocycles. The summed E-state index contributed by atoms with van der Waals surface area (Å²) in [7, 11) is 0. The molecule has 0 bridgehead atoms. The molecule has 3 heteroatoms. The second-order valence-corrected chi connectivity index (χ2v) is 5.61. The van der Waals surface area contributed by atoms with Crippen molar-refractivity contribution in [2.45, 2.75) is 19.9 Å². The highest BCUT2D eigenvalue weighted by atomic mass is 79.9. The molecule has 1 atom stereocenters. The summed E-state index contributed by atoms with van der Waals surface area (Å²) >= 11 is 9.42. The number of hydrogen-bond donors (Lipinski definition) is 1. The summed E-state index contributed by atoms with van der Waals surface area (Å²) in [4.78, 5) is 0. The minimum absolute atomic E-state index is 0.263. The lowest BCUT2D eigenvalue weighted by molar-refractivity contribution is 0.874. The zero-order valence-corrected chi connectivity index (χ0v) is 12.7. The van der Waals surface area contributed by atoms with Gasteiger partial charge in [-0.05, 0) is 59.1 Å². The highest BCUT2D eigenvalue weighted by molar-refractivity contribution is 9.10. The van der Waals surface area contributed by atoms with Gasteiger partial charge in [-0.15, -0.1) is 0 Å². The van der Waals surface area contributed by atoms with E-state index in [9.17, 15) is 0 Å². The largest absolute Gasteiger partial charge is 0.378 e. The number of nitrogens with one attached hydrogen (secondary N) is 1. The van der Waals surface area contributed by atoms with Crippen LogP contribution in [-0.2, 0) is 0 Å². The van der Waals surface area contributed by atoms with E-state index in [4.69, 9.17) is 11.6 Å². The molecule has 2 aromatic rings. The summed E-state index contributed by atoms with van der Waals surface area (Å²) in [5.74, 6) is 0. The van der Waals surface area contributed by atoms with E-state index in [0.717, 1.165) is 15.2 Å². The Morgan fingerprint density at radius 3 is 2.56 bits per heavy atom. The summed E-state index contributed by atoms with van der Waals surface area (Å²) in [6, 6.07) is 14.5. The molecule has 0 fully saturated rings. The molecule has 0 saturated heterocycles. The maximum atomic E-state index is 5.98. The van der Waals surface area contributed by atoms with Gasteiger partial charge in [0.05, 0.1) is 5.02 Å². The van der Waals surface area contributed by atoms with Crippen LogP contribution in [0.1, 0.15) is 24.1 Å². The molecule has 0 aliphatic heterocycles. The van der Waals surface area contributed by atoms with Crippen LogP contribution in [0.15, 0.2) is 46.9 Å². The third-order valence-electron chi connectivity index (χ3n) is 2.96. The molecule has 0 aliphatic rings. The lowest BCUT2D eigenvalue weighted by Crippen LogP contribution is -2.07. The van der Waals surface area contributed by atoms with E-state index in [1.165, 1.54) is 11.1 Å². The highest BCUT2D eigenvalue weighted by Gasteiger charge is 2.08. The van der Waals surface area contributed by atoms with Crippen molar-refractivity contribution in [3.63, 3.8) is 0 Å². The second-order valence-electron chi connectivity index (χ2n) is 4.35. The lowest BCUT2D eigenvalue weighted by Gasteiger charge is -2.18. The van der Waals surface area contributed by atoms with Crippen molar-refractivity contribution in [3.05, 3.63) is 63.1 Å². The van der Waals surface area contributed by atoms with Gasteiger partial charge in [-0.3, -0.25) is 0 Å². The lowest BCUT2D eigenvalue weighted by atomic mass is 10.0. The molecule has 0 heterocycles.